The van der Waals surface area contributed by atoms with Crippen LogP contribution in [0.2, 0.25) is 0 Å². The monoisotopic (exact) mass is 339 g/mol. The lowest BCUT2D eigenvalue weighted by molar-refractivity contribution is 0.199. The van der Waals surface area contributed by atoms with Crippen LogP contribution in [-0.4, -0.2) is 18.2 Å². The Hall–Kier alpha value is -0.540. The van der Waals surface area contributed by atoms with Crippen LogP contribution in [0.15, 0.2) is 22.7 Å². The van der Waals surface area contributed by atoms with Gasteiger partial charge in [-0.1, -0.05) is 25.8 Å². The zero-order chi connectivity index (χ0) is 14.5. The molecule has 0 bridgehead atoms. The molecule has 0 amide bonds. The molecule has 3 heteroatoms. The number of halogens is 1. The summed E-state index contributed by atoms with van der Waals surface area (Å²) in [6.45, 7) is 6.39. The van der Waals surface area contributed by atoms with Crippen molar-refractivity contribution < 1.29 is 5.11 Å². The van der Waals surface area contributed by atoms with Gasteiger partial charge in [0.1, 0.15) is 0 Å². The Bertz CT molecular complexity index is 433. The van der Waals surface area contributed by atoms with Gasteiger partial charge in [0.25, 0.3) is 0 Å². The average Bonchev–Trinajstić information content (AvgIpc) is 2.65. The zero-order valence-electron chi connectivity index (χ0n) is 12.6. The molecule has 0 spiro atoms. The third kappa shape index (κ3) is 3.98. The Labute approximate surface area is 131 Å². The van der Waals surface area contributed by atoms with Crippen LogP contribution >= 0.6 is 15.9 Å². The van der Waals surface area contributed by atoms with E-state index in [-0.39, 0.29) is 0 Å². The highest BCUT2D eigenvalue weighted by atomic mass is 79.9. The normalized spacial score (nSPS) is 21.6. The van der Waals surface area contributed by atoms with Gasteiger partial charge in [0.2, 0.25) is 0 Å². The van der Waals surface area contributed by atoms with Crippen LogP contribution in [-0.2, 0) is 0 Å². The first-order valence-corrected chi connectivity index (χ1v) is 8.63. The van der Waals surface area contributed by atoms with Crippen molar-refractivity contribution in [2.45, 2.75) is 52.1 Å². The average molecular weight is 340 g/mol. The van der Waals surface area contributed by atoms with Crippen LogP contribution in [0.3, 0.4) is 0 Å². The predicted molar refractivity (Wildman–Crippen MR) is 89.2 cm³/mol. The summed E-state index contributed by atoms with van der Waals surface area (Å²) >= 11 is 3.67. The molecule has 1 aliphatic rings. The van der Waals surface area contributed by atoms with Crippen LogP contribution in [0.25, 0.3) is 0 Å². The molecule has 1 fully saturated rings. The molecule has 2 atom stereocenters. The minimum absolute atomic E-state index is 0.404. The summed E-state index contributed by atoms with van der Waals surface area (Å²) in [5, 5.41) is 9.65. The summed E-state index contributed by atoms with van der Waals surface area (Å²) in [7, 11) is 0. The fraction of sp³-hybridized carbons (Fsp3) is 0.647. The number of hydrogen-bond donors (Lipinski definition) is 1. The van der Waals surface area contributed by atoms with Crippen LogP contribution in [0.1, 0.15) is 57.6 Å². The van der Waals surface area contributed by atoms with Gasteiger partial charge >= 0.3 is 0 Å². The topological polar surface area (TPSA) is 23.5 Å². The molecule has 112 valence electrons. The van der Waals surface area contributed by atoms with Crippen molar-refractivity contribution >= 4 is 21.6 Å². The lowest BCUT2D eigenvalue weighted by atomic mass is 9.96. The summed E-state index contributed by atoms with van der Waals surface area (Å²) in [6, 6.07) is 6.24. The molecule has 1 aliphatic heterocycles. The van der Waals surface area contributed by atoms with Crippen molar-refractivity contribution in [3.63, 3.8) is 0 Å². The Morgan fingerprint density at radius 2 is 2.15 bits per heavy atom. The molecule has 0 aromatic heterocycles. The summed E-state index contributed by atoms with van der Waals surface area (Å²) in [5.74, 6) is 0.903. The predicted octanol–water partition coefficient (Wildman–Crippen LogP) is 4.91. The molecule has 2 unspecified atom stereocenters. The van der Waals surface area contributed by atoms with E-state index < -0.39 is 6.10 Å². The molecule has 1 saturated heterocycles. The Kier molecular flexibility index (Phi) is 5.91. The lowest BCUT2D eigenvalue weighted by Crippen LogP contribution is -2.24. The smallest absolute Gasteiger partial charge is 0.0762 e. The number of nitrogens with zero attached hydrogens (tertiary/aromatic N) is 1. The maximum atomic E-state index is 9.65. The van der Waals surface area contributed by atoms with E-state index in [2.05, 4.69) is 39.9 Å². The van der Waals surface area contributed by atoms with Crippen molar-refractivity contribution in [2.75, 3.05) is 18.0 Å². The number of benzene rings is 1. The van der Waals surface area contributed by atoms with Gasteiger partial charge in [0.05, 0.1) is 11.8 Å². The third-order valence-electron chi connectivity index (χ3n) is 4.34. The molecule has 0 radical (unpaired) electrons. The van der Waals surface area contributed by atoms with E-state index in [4.69, 9.17) is 0 Å². The molecule has 0 aliphatic carbocycles. The molecule has 1 aromatic rings. The van der Waals surface area contributed by atoms with Gasteiger partial charge in [0.15, 0.2) is 0 Å². The highest BCUT2D eigenvalue weighted by Crippen LogP contribution is 2.32. The van der Waals surface area contributed by atoms with Gasteiger partial charge in [-0.25, -0.2) is 0 Å². The fourth-order valence-electron chi connectivity index (χ4n) is 3.14. The van der Waals surface area contributed by atoms with Crippen molar-refractivity contribution in [3.8, 4) is 0 Å². The molecule has 20 heavy (non-hydrogen) atoms. The van der Waals surface area contributed by atoms with Crippen LogP contribution in [0.4, 0.5) is 5.69 Å². The first-order chi connectivity index (χ1) is 9.61. The first-order valence-electron chi connectivity index (χ1n) is 7.84. The quantitative estimate of drug-likeness (QED) is 0.842. The van der Waals surface area contributed by atoms with Crippen LogP contribution in [0.5, 0.6) is 0 Å². The first kappa shape index (κ1) is 15.8. The van der Waals surface area contributed by atoms with E-state index in [1.54, 1.807) is 0 Å². The SMILES string of the molecule is CCCC1CCCN(c2ccc(C(C)O)cc2Br)CC1. The number of anilines is 1. The van der Waals surface area contributed by atoms with Gasteiger partial charge in [0, 0.05) is 17.6 Å². The molecule has 1 aromatic carbocycles. The van der Waals surface area contributed by atoms with E-state index in [9.17, 15) is 5.11 Å². The van der Waals surface area contributed by atoms with E-state index in [0.29, 0.717) is 0 Å². The fourth-order valence-corrected chi connectivity index (χ4v) is 3.79. The summed E-state index contributed by atoms with van der Waals surface area (Å²) < 4.78 is 1.10. The van der Waals surface area contributed by atoms with Gasteiger partial charge in [-0.3, -0.25) is 0 Å². The van der Waals surface area contributed by atoms with Gasteiger partial charge in [-0.15, -0.1) is 0 Å². The molecule has 2 nitrogen and oxygen atoms in total. The van der Waals surface area contributed by atoms with E-state index in [0.717, 1.165) is 29.0 Å². The van der Waals surface area contributed by atoms with Gasteiger partial charge in [-0.2, -0.15) is 0 Å². The lowest BCUT2D eigenvalue weighted by Gasteiger charge is -2.25. The van der Waals surface area contributed by atoms with Crippen molar-refractivity contribution in [3.05, 3.63) is 28.2 Å². The summed E-state index contributed by atoms with van der Waals surface area (Å²) in [4.78, 5) is 2.49. The number of rotatable bonds is 4. The summed E-state index contributed by atoms with van der Waals surface area (Å²) in [5.41, 5.74) is 2.24. The Balaban J connectivity index is 2.07. The highest BCUT2D eigenvalue weighted by Gasteiger charge is 2.18. The second-order valence-corrected chi connectivity index (χ2v) is 6.81. The van der Waals surface area contributed by atoms with Crippen LogP contribution < -0.4 is 4.90 Å². The standard InChI is InChI=1S/C17H26BrNO/c1-3-5-14-6-4-10-19(11-9-14)17-8-7-15(13(2)20)12-16(17)18/h7-8,12-14,20H,3-6,9-11H2,1-2H3. The molecular formula is C17H26BrNO. The highest BCUT2D eigenvalue weighted by molar-refractivity contribution is 9.10. The molecule has 0 saturated carbocycles. The molecule has 2 rings (SSSR count). The number of aliphatic hydroxyl groups is 1. The van der Waals surface area contributed by atoms with Gasteiger partial charge in [-0.05, 0) is 65.7 Å². The van der Waals surface area contributed by atoms with Gasteiger partial charge < -0.3 is 10.0 Å². The van der Waals surface area contributed by atoms with Crippen LogP contribution in [0, 0.1) is 5.92 Å². The Morgan fingerprint density at radius 3 is 2.80 bits per heavy atom. The third-order valence-corrected chi connectivity index (χ3v) is 4.97. The van der Waals surface area contributed by atoms with E-state index in [1.165, 1.54) is 37.8 Å². The second kappa shape index (κ2) is 7.46. The van der Waals surface area contributed by atoms with Crippen molar-refractivity contribution in [1.82, 2.24) is 0 Å². The maximum Gasteiger partial charge on any atom is 0.0762 e. The number of aliphatic hydroxyl groups excluding tert-OH is 1. The Morgan fingerprint density at radius 1 is 1.35 bits per heavy atom. The van der Waals surface area contributed by atoms with Crippen molar-refractivity contribution in [2.24, 2.45) is 5.92 Å². The molecular weight excluding hydrogens is 314 g/mol. The maximum absolute atomic E-state index is 9.65. The summed E-state index contributed by atoms with van der Waals surface area (Å²) in [6.07, 6.45) is 6.23. The molecule has 1 N–H and O–H groups in total. The zero-order valence-corrected chi connectivity index (χ0v) is 14.2. The van der Waals surface area contributed by atoms with E-state index >= 15 is 0 Å². The minimum atomic E-state index is -0.404. The largest absolute Gasteiger partial charge is 0.389 e. The number of hydrogen-bond acceptors (Lipinski definition) is 2. The second-order valence-electron chi connectivity index (χ2n) is 5.96. The minimum Gasteiger partial charge on any atom is -0.389 e. The molecule has 1 heterocycles. The van der Waals surface area contributed by atoms with Crippen molar-refractivity contribution in [1.29, 1.82) is 0 Å². The van der Waals surface area contributed by atoms with E-state index in [1.807, 2.05) is 13.0 Å².